The first-order valence-corrected chi connectivity index (χ1v) is 6.58. The second-order valence-corrected chi connectivity index (χ2v) is 9.93. The fourth-order valence-corrected chi connectivity index (χ4v) is 1.60. The van der Waals surface area contributed by atoms with Gasteiger partial charge in [0.15, 0.2) is 13.6 Å². The predicted octanol–water partition coefficient (Wildman–Crippen LogP) is 4.27. The lowest BCUT2D eigenvalue weighted by Gasteiger charge is -2.04. The van der Waals surface area contributed by atoms with Gasteiger partial charge in [-0.3, -0.25) is 0 Å². The molecule has 0 radical (unpaired) electrons. The molecule has 0 atom stereocenters. The number of benzene rings is 1. The molecule has 0 aromatic heterocycles. The van der Waals surface area contributed by atoms with Crippen molar-refractivity contribution in [3.05, 3.63) is 29.8 Å². The van der Waals surface area contributed by atoms with E-state index in [2.05, 4.69) is 47.8 Å². The zero-order valence-electron chi connectivity index (χ0n) is 7.54. The van der Waals surface area contributed by atoms with Gasteiger partial charge in [0, 0.05) is 0 Å². The van der Waals surface area contributed by atoms with Crippen LogP contribution >= 0.6 is 47.8 Å². The van der Waals surface area contributed by atoms with E-state index in [-0.39, 0.29) is 2.14 Å². The van der Waals surface area contributed by atoms with Crippen LogP contribution in [0, 0.1) is 0 Å². The van der Waals surface area contributed by atoms with Crippen LogP contribution in [0.1, 0.15) is 5.56 Å². The molecular weight excluding hydrogens is 392 g/mol. The minimum absolute atomic E-state index is 0.307. The minimum Gasteiger partial charge on any atom is -0.454 e. The van der Waals surface area contributed by atoms with Crippen LogP contribution in [-0.4, -0.2) is 8.94 Å². The van der Waals surface area contributed by atoms with E-state index >= 15 is 0 Å². The second-order valence-electron chi connectivity index (χ2n) is 2.99. The van der Waals surface area contributed by atoms with E-state index in [4.69, 9.17) is 9.47 Å². The normalized spacial score (nSPS) is 14.9. The van der Waals surface area contributed by atoms with Crippen LogP contribution in [-0.2, 0) is 0 Å². The lowest BCUT2D eigenvalue weighted by Crippen LogP contribution is -1.92. The van der Waals surface area contributed by atoms with Gasteiger partial charge in [0.25, 0.3) is 0 Å². The molecule has 5 heteroatoms. The molecule has 0 spiro atoms. The van der Waals surface area contributed by atoms with Gasteiger partial charge in [0.2, 0.25) is 6.79 Å². The van der Waals surface area contributed by atoms with Gasteiger partial charge in [0.1, 0.15) is 0 Å². The SMILES string of the molecule is BrC(Br)(Br)C=Cc1ccc2c(c1)OCO2. The lowest BCUT2D eigenvalue weighted by molar-refractivity contribution is 0.174. The van der Waals surface area contributed by atoms with Crippen LogP contribution < -0.4 is 9.47 Å². The van der Waals surface area contributed by atoms with Gasteiger partial charge in [-0.05, 0) is 23.8 Å². The molecule has 0 N–H and O–H groups in total. The maximum atomic E-state index is 5.28. The first-order valence-electron chi connectivity index (χ1n) is 4.20. The highest BCUT2D eigenvalue weighted by molar-refractivity contribution is 9.39. The Hall–Kier alpha value is 0.000000000000000222. The monoisotopic (exact) mass is 396 g/mol. The average Bonchev–Trinajstić information content (AvgIpc) is 2.60. The summed E-state index contributed by atoms with van der Waals surface area (Å²) in [4.78, 5) is 0. The number of hydrogen-bond donors (Lipinski definition) is 0. The molecule has 80 valence electrons. The van der Waals surface area contributed by atoms with Gasteiger partial charge in [-0.1, -0.05) is 59.9 Å². The van der Waals surface area contributed by atoms with E-state index in [9.17, 15) is 0 Å². The minimum atomic E-state index is -0.358. The second kappa shape index (κ2) is 4.47. The Morgan fingerprint density at radius 3 is 2.60 bits per heavy atom. The van der Waals surface area contributed by atoms with Crippen molar-refractivity contribution in [1.82, 2.24) is 0 Å². The highest BCUT2D eigenvalue weighted by Gasteiger charge is 2.14. The summed E-state index contributed by atoms with van der Waals surface area (Å²) < 4.78 is 10.1. The molecule has 0 saturated heterocycles. The molecule has 1 aromatic rings. The van der Waals surface area contributed by atoms with Crippen LogP contribution in [0.3, 0.4) is 0 Å². The molecule has 2 nitrogen and oxygen atoms in total. The molecular formula is C10H7Br3O2. The Morgan fingerprint density at radius 1 is 1.13 bits per heavy atom. The number of fused-ring (bicyclic) bond motifs is 1. The van der Waals surface area contributed by atoms with Crippen molar-refractivity contribution < 1.29 is 9.47 Å². The Kier molecular flexibility index (Phi) is 3.42. The number of alkyl halides is 3. The maximum Gasteiger partial charge on any atom is 0.231 e. The summed E-state index contributed by atoms with van der Waals surface area (Å²) >= 11 is 10.2. The zero-order valence-corrected chi connectivity index (χ0v) is 12.3. The first-order chi connectivity index (χ1) is 7.04. The van der Waals surface area contributed by atoms with E-state index in [1.807, 2.05) is 30.4 Å². The maximum absolute atomic E-state index is 5.28. The summed E-state index contributed by atoms with van der Waals surface area (Å²) in [6, 6.07) is 5.82. The lowest BCUT2D eigenvalue weighted by atomic mass is 10.2. The molecule has 0 amide bonds. The Balaban J connectivity index is 2.20. The largest absolute Gasteiger partial charge is 0.454 e. The summed E-state index contributed by atoms with van der Waals surface area (Å²) in [5.41, 5.74) is 1.06. The molecule has 1 aromatic carbocycles. The molecule has 0 bridgehead atoms. The molecule has 0 fully saturated rings. The first kappa shape index (κ1) is 11.5. The van der Waals surface area contributed by atoms with Gasteiger partial charge in [0.05, 0.1) is 0 Å². The number of allylic oxidation sites excluding steroid dienone is 1. The van der Waals surface area contributed by atoms with Crippen LogP contribution in [0.25, 0.3) is 6.08 Å². The molecule has 0 saturated carbocycles. The molecule has 15 heavy (non-hydrogen) atoms. The van der Waals surface area contributed by atoms with Crippen molar-refractivity contribution in [2.45, 2.75) is 2.14 Å². The molecule has 0 aliphatic carbocycles. The van der Waals surface area contributed by atoms with Crippen molar-refractivity contribution in [3.8, 4) is 11.5 Å². The third kappa shape index (κ3) is 3.23. The standard InChI is InChI=1S/C10H7Br3O2/c11-10(12,13)4-3-7-1-2-8-9(5-7)15-6-14-8/h1-5H,6H2. The summed E-state index contributed by atoms with van der Waals surface area (Å²) in [7, 11) is 0. The Morgan fingerprint density at radius 2 is 1.87 bits per heavy atom. The number of ether oxygens (including phenoxy) is 2. The van der Waals surface area contributed by atoms with Crippen molar-refractivity contribution in [1.29, 1.82) is 0 Å². The molecule has 1 aliphatic heterocycles. The van der Waals surface area contributed by atoms with Gasteiger partial charge < -0.3 is 9.47 Å². The quantitative estimate of drug-likeness (QED) is 0.658. The number of halogens is 3. The molecule has 1 aliphatic rings. The van der Waals surface area contributed by atoms with Crippen molar-refractivity contribution in [2.75, 3.05) is 6.79 Å². The van der Waals surface area contributed by atoms with Crippen LogP contribution in [0.2, 0.25) is 0 Å². The Bertz CT molecular complexity index is 396. The summed E-state index contributed by atoms with van der Waals surface area (Å²) in [5, 5.41) is 0. The average molecular weight is 399 g/mol. The predicted molar refractivity (Wildman–Crippen MR) is 71.1 cm³/mol. The molecule has 2 rings (SSSR count). The van der Waals surface area contributed by atoms with Crippen LogP contribution in [0.4, 0.5) is 0 Å². The fourth-order valence-electron chi connectivity index (χ4n) is 1.21. The fraction of sp³-hybridized carbons (Fsp3) is 0.200. The van der Waals surface area contributed by atoms with Crippen molar-refractivity contribution >= 4 is 53.9 Å². The van der Waals surface area contributed by atoms with E-state index in [1.165, 1.54) is 0 Å². The van der Waals surface area contributed by atoms with E-state index in [1.54, 1.807) is 0 Å². The molecule has 0 unspecified atom stereocenters. The topological polar surface area (TPSA) is 18.5 Å². The summed E-state index contributed by atoms with van der Waals surface area (Å²) in [5.74, 6) is 1.59. The van der Waals surface area contributed by atoms with Gasteiger partial charge in [-0.25, -0.2) is 0 Å². The van der Waals surface area contributed by atoms with Gasteiger partial charge in [-0.15, -0.1) is 0 Å². The zero-order chi connectivity index (χ0) is 10.9. The van der Waals surface area contributed by atoms with Gasteiger partial charge >= 0.3 is 0 Å². The molecule has 1 heterocycles. The smallest absolute Gasteiger partial charge is 0.231 e. The highest BCUT2D eigenvalue weighted by Crippen LogP contribution is 2.37. The third-order valence-electron chi connectivity index (χ3n) is 1.86. The van der Waals surface area contributed by atoms with Gasteiger partial charge in [-0.2, -0.15) is 0 Å². The highest BCUT2D eigenvalue weighted by atomic mass is 80.0. The van der Waals surface area contributed by atoms with Crippen LogP contribution in [0.5, 0.6) is 11.5 Å². The van der Waals surface area contributed by atoms with Crippen molar-refractivity contribution in [3.63, 3.8) is 0 Å². The number of rotatable bonds is 1. The van der Waals surface area contributed by atoms with E-state index < -0.39 is 0 Å². The summed E-state index contributed by atoms with van der Waals surface area (Å²) in [6.07, 6.45) is 3.91. The van der Waals surface area contributed by atoms with E-state index in [0.717, 1.165) is 17.1 Å². The Labute approximate surface area is 113 Å². The summed E-state index contributed by atoms with van der Waals surface area (Å²) in [6.45, 7) is 0.307. The number of hydrogen-bond acceptors (Lipinski definition) is 2. The van der Waals surface area contributed by atoms with Crippen molar-refractivity contribution in [2.24, 2.45) is 0 Å². The third-order valence-corrected chi connectivity index (χ3v) is 2.65. The van der Waals surface area contributed by atoms with Crippen LogP contribution in [0.15, 0.2) is 24.3 Å². The van der Waals surface area contributed by atoms with E-state index in [0.29, 0.717) is 6.79 Å².